The smallest absolute Gasteiger partial charge is 0.332 e. The van der Waals surface area contributed by atoms with E-state index in [9.17, 15) is 4.79 Å². The molecule has 0 bridgehead atoms. The van der Waals surface area contributed by atoms with Crippen molar-refractivity contribution >= 4 is 5.97 Å². The van der Waals surface area contributed by atoms with Gasteiger partial charge in [-0.05, 0) is 12.0 Å². The van der Waals surface area contributed by atoms with Crippen LogP contribution in [0, 0.1) is 0 Å². The van der Waals surface area contributed by atoms with E-state index in [-0.39, 0.29) is 0 Å². The first-order chi connectivity index (χ1) is 5.17. The molecule has 0 saturated carbocycles. The van der Waals surface area contributed by atoms with Crippen molar-refractivity contribution in [3.63, 3.8) is 0 Å². The Bertz CT molecular complexity index is 202. The highest BCUT2D eigenvalue weighted by Crippen LogP contribution is 2.10. The van der Waals surface area contributed by atoms with E-state index >= 15 is 0 Å². The Morgan fingerprint density at radius 2 is 1.91 bits per heavy atom. The van der Waals surface area contributed by atoms with Gasteiger partial charge in [-0.2, -0.15) is 0 Å². The van der Waals surface area contributed by atoms with E-state index in [4.69, 9.17) is 5.11 Å². The van der Waals surface area contributed by atoms with Gasteiger partial charge in [0.15, 0.2) is 0 Å². The molecule has 2 heteroatoms. The number of aliphatic carboxylic acids is 1. The molecule has 0 aliphatic rings. The first-order valence-electron chi connectivity index (χ1n) is 3.38. The van der Waals surface area contributed by atoms with Crippen molar-refractivity contribution in [1.82, 2.24) is 0 Å². The van der Waals surface area contributed by atoms with Crippen LogP contribution in [-0.4, -0.2) is 11.1 Å². The molecule has 0 aliphatic carbocycles. The molecule has 0 unspecified atom stereocenters. The third-order valence-corrected chi connectivity index (χ3v) is 1.40. The SMILES string of the molecule is C=CC(C=C)=C(CC)C(=O)O. The van der Waals surface area contributed by atoms with Crippen molar-refractivity contribution in [3.05, 3.63) is 36.5 Å². The van der Waals surface area contributed by atoms with Gasteiger partial charge < -0.3 is 5.11 Å². The molecule has 0 spiro atoms. The zero-order chi connectivity index (χ0) is 8.85. The van der Waals surface area contributed by atoms with E-state index in [2.05, 4.69) is 13.2 Å². The lowest BCUT2D eigenvalue weighted by Gasteiger charge is -2.00. The van der Waals surface area contributed by atoms with Gasteiger partial charge in [-0.25, -0.2) is 4.79 Å². The number of carbonyl (C=O) groups is 1. The van der Waals surface area contributed by atoms with Gasteiger partial charge in [-0.3, -0.25) is 0 Å². The van der Waals surface area contributed by atoms with Crippen molar-refractivity contribution < 1.29 is 9.90 Å². The third kappa shape index (κ3) is 2.42. The Hall–Kier alpha value is -1.31. The summed E-state index contributed by atoms with van der Waals surface area (Å²) in [4.78, 5) is 10.5. The van der Waals surface area contributed by atoms with Crippen LogP contribution in [0.15, 0.2) is 36.5 Å². The molecule has 0 heterocycles. The maximum absolute atomic E-state index is 10.5. The maximum atomic E-state index is 10.5. The number of hydrogen-bond donors (Lipinski definition) is 1. The Kier molecular flexibility index (Phi) is 3.96. The molecule has 0 aromatic carbocycles. The van der Waals surface area contributed by atoms with Crippen LogP contribution in [0.1, 0.15) is 13.3 Å². The van der Waals surface area contributed by atoms with Crippen LogP contribution in [0.4, 0.5) is 0 Å². The van der Waals surface area contributed by atoms with Gasteiger partial charge >= 0.3 is 5.97 Å². The molecule has 0 amide bonds. The van der Waals surface area contributed by atoms with Crippen LogP contribution < -0.4 is 0 Å². The second-order valence-electron chi connectivity index (χ2n) is 2.00. The molecule has 0 aromatic rings. The molecule has 1 N–H and O–H groups in total. The van der Waals surface area contributed by atoms with E-state index in [1.807, 2.05) is 0 Å². The molecule has 60 valence electrons. The molecular weight excluding hydrogens is 140 g/mol. The lowest BCUT2D eigenvalue weighted by atomic mass is 10.1. The molecule has 0 rings (SSSR count). The highest BCUT2D eigenvalue weighted by Gasteiger charge is 2.06. The standard InChI is InChI=1S/C9H12O2/c1-4-7(5-2)8(6-3)9(10)11/h4-5H,1-2,6H2,3H3,(H,10,11). The van der Waals surface area contributed by atoms with E-state index < -0.39 is 5.97 Å². The summed E-state index contributed by atoms with van der Waals surface area (Å²) in [6.07, 6.45) is 3.49. The molecule has 0 atom stereocenters. The van der Waals surface area contributed by atoms with Gasteiger partial charge in [0.05, 0.1) is 0 Å². The minimum Gasteiger partial charge on any atom is -0.478 e. The van der Waals surface area contributed by atoms with Crippen LogP contribution in [0.2, 0.25) is 0 Å². The van der Waals surface area contributed by atoms with Gasteiger partial charge in [-0.15, -0.1) is 0 Å². The second-order valence-corrected chi connectivity index (χ2v) is 2.00. The van der Waals surface area contributed by atoms with Crippen LogP contribution in [0.25, 0.3) is 0 Å². The zero-order valence-corrected chi connectivity index (χ0v) is 6.63. The predicted octanol–water partition coefficient (Wildman–Crippen LogP) is 2.15. The number of carboxylic acids is 1. The Morgan fingerprint density at radius 1 is 1.45 bits per heavy atom. The van der Waals surface area contributed by atoms with Gasteiger partial charge in [0.1, 0.15) is 0 Å². The second kappa shape index (κ2) is 4.50. The van der Waals surface area contributed by atoms with Crippen molar-refractivity contribution in [2.24, 2.45) is 0 Å². The number of carboxylic acid groups (broad SMARTS) is 1. The Balaban J connectivity index is 4.92. The maximum Gasteiger partial charge on any atom is 0.332 e. The minimum absolute atomic E-state index is 0.356. The number of rotatable bonds is 4. The highest BCUT2D eigenvalue weighted by atomic mass is 16.4. The lowest BCUT2D eigenvalue weighted by Crippen LogP contribution is -2.01. The van der Waals surface area contributed by atoms with Crippen LogP contribution in [-0.2, 0) is 4.79 Å². The molecule has 0 fully saturated rings. The van der Waals surface area contributed by atoms with Crippen LogP contribution in [0.5, 0.6) is 0 Å². The monoisotopic (exact) mass is 152 g/mol. The summed E-state index contributed by atoms with van der Waals surface area (Å²) in [5.41, 5.74) is 0.954. The lowest BCUT2D eigenvalue weighted by molar-refractivity contribution is -0.132. The average Bonchev–Trinajstić information content (AvgIpc) is 1.99. The minimum atomic E-state index is -0.901. The van der Waals surface area contributed by atoms with Gasteiger partial charge in [-0.1, -0.05) is 32.2 Å². The summed E-state index contributed by atoms with van der Waals surface area (Å²) < 4.78 is 0. The van der Waals surface area contributed by atoms with Crippen LogP contribution >= 0.6 is 0 Å². The van der Waals surface area contributed by atoms with E-state index in [1.165, 1.54) is 12.2 Å². The molecule has 0 radical (unpaired) electrons. The fraction of sp³-hybridized carbons (Fsp3) is 0.222. The molecule has 0 aromatic heterocycles. The van der Waals surface area contributed by atoms with Crippen molar-refractivity contribution in [2.75, 3.05) is 0 Å². The summed E-state index contributed by atoms with van der Waals surface area (Å²) in [7, 11) is 0. The summed E-state index contributed by atoms with van der Waals surface area (Å²) in [6.45, 7) is 8.77. The van der Waals surface area contributed by atoms with Crippen molar-refractivity contribution in [1.29, 1.82) is 0 Å². The predicted molar refractivity (Wildman–Crippen MR) is 45.3 cm³/mol. The largest absolute Gasteiger partial charge is 0.478 e. The van der Waals surface area contributed by atoms with Crippen LogP contribution in [0.3, 0.4) is 0 Å². The summed E-state index contributed by atoms with van der Waals surface area (Å²) in [6, 6.07) is 0. The summed E-state index contributed by atoms with van der Waals surface area (Å²) in [5.74, 6) is -0.901. The number of allylic oxidation sites excluding steroid dienone is 3. The first kappa shape index (κ1) is 9.69. The van der Waals surface area contributed by atoms with Gasteiger partial charge in [0.2, 0.25) is 0 Å². The van der Waals surface area contributed by atoms with E-state index in [0.29, 0.717) is 17.6 Å². The molecular formula is C9H12O2. The first-order valence-corrected chi connectivity index (χ1v) is 3.38. The normalized spacial score (nSPS) is 8.45. The summed E-state index contributed by atoms with van der Waals surface area (Å²) in [5, 5.41) is 8.65. The molecule has 0 aliphatic heterocycles. The quantitative estimate of drug-likeness (QED) is 0.495. The summed E-state index contributed by atoms with van der Waals surface area (Å²) >= 11 is 0. The number of hydrogen-bond acceptors (Lipinski definition) is 1. The third-order valence-electron chi connectivity index (χ3n) is 1.40. The van der Waals surface area contributed by atoms with Crippen molar-refractivity contribution in [3.8, 4) is 0 Å². The molecule has 11 heavy (non-hydrogen) atoms. The van der Waals surface area contributed by atoms with E-state index in [1.54, 1.807) is 6.92 Å². The van der Waals surface area contributed by atoms with Gasteiger partial charge in [0.25, 0.3) is 0 Å². The zero-order valence-electron chi connectivity index (χ0n) is 6.63. The topological polar surface area (TPSA) is 37.3 Å². The average molecular weight is 152 g/mol. The van der Waals surface area contributed by atoms with Gasteiger partial charge in [0, 0.05) is 5.57 Å². The Labute approximate surface area is 66.5 Å². The molecule has 0 saturated heterocycles. The van der Waals surface area contributed by atoms with E-state index in [0.717, 1.165) is 0 Å². The fourth-order valence-electron chi connectivity index (χ4n) is 0.809. The van der Waals surface area contributed by atoms with Crippen molar-refractivity contribution in [2.45, 2.75) is 13.3 Å². The Morgan fingerprint density at radius 3 is 2.00 bits per heavy atom. The fourth-order valence-corrected chi connectivity index (χ4v) is 0.809. The highest BCUT2D eigenvalue weighted by molar-refractivity contribution is 5.88. The molecule has 2 nitrogen and oxygen atoms in total.